The summed E-state index contributed by atoms with van der Waals surface area (Å²) in [6, 6.07) is 30.9. The lowest BCUT2D eigenvalue weighted by Gasteiger charge is -2.34. The van der Waals surface area contributed by atoms with Gasteiger partial charge in [-0.05, 0) is 72.9 Å². The lowest BCUT2D eigenvalue weighted by atomic mass is 10.0. The Bertz CT molecular complexity index is 1690. The van der Waals surface area contributed by atoms with Gasteiger partial charge in [-0.2, -0.15) is 0 Å². The van der Waals surface area contributed by atoms with Gasteiger partial charge in [0, 0.05) is 24.0 Å². The summed E-state index contributed by atoms with van der Waals surface area (Å²) >= 11 is 6.06. The normalized spacial score (nSPS) is 14.1. The van der Waals surface area contributed by atoms with E-state index in [2.05, 4.69) is 5.32 Å². The van der Waals surface area contributed by atoms with Crippen LogP contribution in [0.4, 0.5) is 5.69 Å². The zero-order valence-electron chi connectivity index (χ0n) is 25.3. The second kappa shape index (κ2) is 14.8. The number of hydrogen-bond donors (Lipinski definition) is 1. The highest BCUT2D eigenvalue weighted by Gasteiger charge is 2.35. The highest BCUT2D eigenvalue weighted by molar-refractivity contribution is 7.92. The fraction of sp³-hybridized carbons (Fsp3) is 0.278. The summed E-state index contributed by atoms with van der Waals surface area (Å²) in [5.74, 6) is -0.721. The third-order valence-corrected chi connectivity index (χ3v) is 10.3. The van der Waals surface area contributed by atoms with E-state index in [9.17, 15) is 18.0 Å². The molecule has 0 radical (unpaired) electrons. The summed E-state index contributed by atoms with van der Waals surface area (Å²) in [7, 11) is -4.18. The first-order valence-corrected chi connectivity index (χ1v) is 17.1. The number of benzene rings is 4. The van der Waals surface area contributed by atoms with Gasteiger partial charge in [0.25, 0.3) is 10.0 Å². The molecule has 0 saturated heterocycles. The molecule has 0 spiro atoms. The third-order valence-electron chi connectivity index (χ3n) is 8.30. The third kappa shape index (κ3) is 8.12. The fourth-order valence-corrected chi connectivity index (χ4v) is 7.29. The highest BCUT2D eigenvalue weighted by Crippen LogP contribution is 2.26. The molecule has 0 aromatic heterocycles. The van der Waals surface area contributed by atoms with Crippen molar-refractivity contribution < 1.29 is 18.0 Å². The van der Waals surface area contributed by atoms with Crippen molar-refractivity contribution in [1.82, 2.24) is 10.2 Å². The summed E-state index contributed by atoms with van der Waals surface area (Å²) < 4.78 is 29.3. The van der Waals surface area contributed by atoms with E-state index >= 15 is 0 Å². The summed E-state index contributed by atoms with van der Waals surface area (Å²) in [5, 5.41) is 3.60. The Morgan fingerprint density at radius 2 is 1.44 bits per heavy atom. The Morgan fingerprint density at radius 1 is 0.844 bits per heavy atom. The summed E-state index contributed by atoms with van der Waals surface area (Å²) in [6.45, 7) is 1.61. The molecule has 7 nitrogen and oxygen atoms in total. The van der Waals surface area contributed by atoms with E-state index in [1.54, 1.807) is 35.2 Å². The van der Waals surface area contributed by atoms with E-state index in [1.807, 2.05) is 61.5 Å². The predicted octanol–water partition coefficient (Wildman–Crippen LogP) is 6.54. The number of nitrogens with one attached hydrogen (secondary N) is 1. The standard InChI is InChI=1S/C36H38ClN3O4S/c1-27-12-8-9-15-29(27)25-39(34(24-28-13-4-2-5-14-28)36(42)38-31-16-10-11-17-31)35(41)26-40(32-18-6-3-7-19-32)45(43,44)33-22-20-30(37)21-23-33/h2-9,12-15,18-23,31,34H,10-11,16-17,24-26H2,1H3,(H,38,42)/t34-/m1/s1. The van der Waals surface area contributed by atoms with Gasteiger partial charge in [0.15, 0.2) is 0 Å². The van der Waals surface area contributed by atoms with Crippen LogP contribution in [0.2, 0.25) is 5.02 Å². The lowest BCUT2D eigenvalue weighted by Crippen LogP contribution is -2.54. The molecule has 2 amide bonds. The summed E-state index contributed by atoms with van der Waals surface area (Å²) in [4.78, 5) is 30.2. The number of carbonyl (C=O) groups excluding carboxylic acids is 2. The molecule has 234 valence electrons. The minimum absolute atomic E-state index is 0.00817. The Hall–Kier alpha value is -4.14. The van der Waals surface area contributed by atoms with Crippen LogP contribution in [0.25, 0.3) is 0 Å². The Balaban J connectivity index is 1.56. The van der Waals surface area contributed by atoms with E-state index < -0.39 is 28.5 Å². The van der Waals surface area contributed by atoms with Gasteiger partial charge in [-0.1, -0.05) is 97.2 Å². The Kier molecular flexibility index (Phi) is 10.6. The maximum absolute atomic E-state index is 14.6. The first kappa shape index (κ1) is 32.3. The van der Waals surface area contributed by atoms with Crippen LogP contribution in [0.15, 0.2) is 114 Å². The molecule has 1 fully saturated rings. The van der Waals surface area contributed by atoms with Crippen LogP contribution in [-0.2, 0) is 32.6 Å². The molecule has 5 rings (SSSR count). The first-order chi connectivity index (χ1) is 21.7. The second-order valence-electron chi connectivity index (χ2n) is 11.4. The van der Waals surface area contributed by atoms with Gasteiger partial charge in [0.05, 0.1) is 10.6 Å². The van der Waals surface area contributed by atoms with Crippen LogP contribution >= 0.6 is 11.6 Å². The van der Waals surface area contributed by atoms with Crippen LogP contribution in [0.3, 0.4) is 0 Å². The number of carbonyl (C=O) groups is 2. The SMILES string of the molecule is Cc1ccccc1CN(C(=O)CN(c1ccccc1)S(=O)(=O)c1ccc(Cl)cc1)[C@H](Cc1ccccc1)C(=O)NC1CCCC1. The summed E-state index contributed by atoms with van der Waals surface area (Å²) in [6.07, 6.45) is 4.18. The Morgan fingerprint density at radius 3 is 2.09 bits per heavy atom. The average molecular weight is 644 g/mol. The smallest absolute Gasteiger partial charge is 0.264 e. The molecule has 4 aromatic carbocycles. The van der Waals surface area contributed by atoms with Crippen LogP contribution in [0.5, 0.6) is 0 Å². The maximum Gasteiger partial charge on any atom is 0.264 e. The quantitative estimate of drug-likeness (QED) is 0.190. The number of halogens is 1. The molecule has 0 heterocycles. The van der Waals surface area contributed by atoms with E-state index in [0.29, 0.717) is 10.7 Å². The van der Waals surface area contributed by atoms with Crippen LogP contribution < -0.4 is 9.62 Å². The Labute approximate surface area is 270 Å². The molecule has 1 N–H and O–H groups in total. The molecular weight excluding hydrogens is 606 g/mol. The molecule has 9 heteroatoms. The molecule has 1 atom stereocenters. The van der Waals surface area contributed by atoms with Gasteiger partial charge in [-0.3, -0.25) is 13.9 Å². The van der Waals surface area contributed by atoms with Gasteiger partial charge in [0.1, 0.15) is 12.6 Å². The van der Waals surface area contributed by atoms with Crippen LogP contribution in [0.1, 0.15) is 42.4 Å². The van der Waals surface area contributed by atoms with Gasteiger partial charge in [-0.25, -0.2) is 8.42 Å². The van der Waals surface area contributed by atoms with Crippen LogP contribution in [0, 0.1) is 6.92 Å². The zero-order chi connectivity index (χ0) is 31.8. The molecule has 1 aliphatic rings. The van der Waals surface area contributed by atoms with E-state index in [-0.39, 0.29) is 29.8 Å². The first-order valence-electron chi connectivity index (χ1n) is 15.2. The van der Waals surface area contributed by atoms with Crippen molar-refractivity contribution in [2.45, 2.75) is 62.6 Å². The number of aryl methyl sites for hydroxylation is 1. The van der Waals surface area contributed by atoms with E-state index in [1.165, 1.54) is 24.3 Å². The van der Waals surface area contributed by atoms with Gasteiger partial charge < -0.3 is 10.2 Å². The largest absolute Gasteiger partial charge is 0.352 e. The van der Waals surface area contributed by atoms with E-state index in [0.717, 1.165) is 46.7 Å². The molecule has 0 aliphatic heterocycles. The van der Waals surface area contributed by atoms with Crippen LogP contribution in [-0.4, -0.2) is 43.8 Å². The van der Waals surface area contributed by atoms with Crippen molar-refractivity contribution in [3.63, 3.8) is 0 Å². The average Bonchev–Trinajstić information content (AvgIpc) is 3.56. The van der Waals surface area contributed by atoms with Crippen molar-refractivity contribution in [3.05, 3.63) is 131 Å². The molecule has 0 bridgehead atoms. The lowest BCUT2D eigenvalue weighted by molar-refractivity contribution is -0.140. The number of anilines is 1. The summed E-state index contributed by atoms with van der Waals surface area (Å²) in [5.41, 5.74) is 3.09. The van der Waals surface area contributed by atoms with Gasteiger partial charge >= 0.3 is 0 Å². The number of amides is 2. The molecule has 0 unspecified atom stereocenters. The maximum atomic E-state index is 14.6. The fourth-order valence-electron chi connectivity index (χ4n) is 5.75. The molecular formula is C36H38ClN3O4S. The van der Waals surface area contributed by atoms with Crippen molar-refractivity contribution in [2.75, 3.05) is 10.8 Å². The van der Waals surface area contributed by atoms with Crippen molar-refractivity contribution in [3.8, 4) is 0 Å². The minimum atomic E-state index is -4.18. The topological polar surface area (TPSA) is 86.8 Å². The second-order valence-corrected chi connectivity index (χ2v) is 13.7. The number of rotatable bonds is 12. The number of hydrogen-bond acceptors (Lipinski definition) is 4. The van der Waals surface area contributed by atoms with Gasteiger partial charge in [0.2, 0.25) is 11.8 Å². The van der Waals surface area contributed by atoms with Crippen molar-refractivity contribution in [2.24, 2.45) is 0 Å². The monoisotopic (exact) mass is 643 g/mol. The molecule has 1 saturated carbocycles. The van der Waals surface area contributed by atoms with Crippen molar-refractivity contribution >= 4 is 39.1 Å². The number of nitrogens with zero attached hydrogens (tertiary/aromatic N) is 2. The molecule has 4 aromatic rings. The minimum Gasteiger partial charge on any atom is -0.352 e. The zero-order valence-corrected chi connectivity index (χ0v) is 26.9. The molecule has 1 aliphatic carbocycles. The number of sulfonamides is 1. The number of para-hydroxylation sites is 1. The highest BCUT2D eigenvalue weighted by atomic mass is 35.5. The van der Waals surface area contributed by atoms with Crippen molar-refractivity contribution in [1.29, 1.82) is 0 Å². The van der Waals surface area contributed by atoms with Gasteiger partial charge in [-0.15, -0.1) is 0 Å². The van der Waals surface area contributed by atoms with E-state index in [4.69, 9.17) is 11.6 Å². The predicted molar refractivity (Wildman–Crippen MR) is 178 cm³/mol. The molecule has 45 heavy (non-hydrogen) atoms.